The molecule has 3 aromatic carbocycles. The van der Waals surface area contributed by atoms with E-state index in [4.69, 9.17) is 0 Å². The SMILES string of the molecule is O=C(Nc1ccc(Nc2ccccc2)cc1)c1ccc(NC(=O)c2cccs2)cc1. The molecule has 30 heavy (non-hydrogen) atoms. The zero-order chi connectivity index (χ0) is 20.8. The lowest BCUT2D eigenvalue weighted by atomic mass is 10.2. The van der Waals surface area contributed by atoms with E-state index < -0.39 is 0 Å². The molecule has 0 saturated carbocycles. The van der Waals surface area contributed by atoms with Gasteiger partial charge in [0, 0.05) is 28.3 Å². The van der Waals surface area contributed by atoms with Gasteiger partial charge in [0.25, 0.3) is 11.8 Å². The maximum atomic E-state index is 12.5. The highest BCUT2D eigenvalue weighted by molar-refractivity contribution is 7.12. The monoisotopic (exact) mass is 413 g/mol. The molecule has 0 atom stereocenters. The third-order valence-electron chi connectivity index (χ3n) is 4.36. The number of amides is 2. The fraction of sp³-hybridized carbons (Fsp3) is 0. The Balaban J connectivity index is 1.35. The number of hydrogen-bond donors (Lipinski definition) is 3. The molecule has 0 bridgehead atoms. The summed E-state index contributed by atoms with van der Waals surface area (Å²) in [5.41, 5.74) is 3.79. The maximum Gasteiger partial charge on any atom is 0.265 e. The van der Waals surface area contributed by atoms with Gasteiger partial charge in [0.2, 0.25) is 0 Å². The quantitative estimate of drug-likeness (QED) is 0.363. The molecule has 4 rings (SSSR count). The van der Waals surface area contributed by atoms with E-state index in [1.54, 1.807) is 30.3 Å². The van der Waals surface area contributed by atoms with Crippen molar-refractivity contribution in [1.29, 1.82) is 0 Å². The minimum atomic E-state index is -0.213. The highest BCUT2D eigenvalue weighted by Crippen LogP contribution is 2.20. The lowest BCUT2D eigenvalue weighted by Crippen LogP contribution is -2.13. The van der Waals surface area contributed by atoms with Crippen LogP contribution < -0.4 is 16.0 Å². The summed E-state index contributed by atoms with van der Waals surface area (Å²) in [6.07, 6.45) is 0. The number of carbonyl (C=O) groups excluding carboxylic acids is 2. The first-order valence-corrected chi connectivity index (χ1v) is 10.2. The van der Waals surface area contributed by atoms with Crippen LogP contribution in [0.3, 0.4) is 0 Å². The minimum Gasteiger partial charge on any atom is -0.356 e. The van der Waals surface area contributed by atoms with E-state index in [1.165, 1.54) is 11.3 Å². The Bertz CT molecular complexity index is 1120. The van der Waals surface area contributed by atoms with Crippen molar-refractivity contribution >= 4 is 45.9 Å². The van der Waals surface area contributed by atoms with Crippen LogP contribution in [-0.2, 0) is 0 Å². The van der Waals surface area contributed by atoms with Crippen molar-refractivity contribution in [2.24, 2.45) is 0 Å². The van der Waals surface area contributed by atoms with Crippen LogP contribution in [0.1, 0.15) is 20.0 Å². The van der Waals surface area contributed by atoms with Crippen molar-refractivity contribution in [2.75, 3.05) is 16.0 Å². The number of para-hydroxylation sites is 1. The summed E-state index contributed by atoms with van der Waals surface area (Å²) in [4.78, 5) is 25.2. The molecule has 5 nitrogen and oxygen atoms in total. The number of carbonyl (C=O) groups is 2. The van der Waals surface area contributed by atoms with Crippen molar-refractivity contribution in [3.05, 3.63) is 107 Å². The fourth-order valence-electron chi connectivity index (χ4n) is 2.83. The van der Waals surface area contributed by atoms with E-state index in [9.17, 15) is 9.59 Å². The smallest absolute Gasteiger partial charge is 0.265 e. The first-order chi connectivity index (χ1) is 14.7. The summed E-state index contributed by atoms with van der Waals surface area (Å²) < 4.78 is 0. The first-order valence-electron chi connectivity index (χ1n) is 9.36. The van der Waals surface area contributed by atoms with Gasteiger partial charge in [-0.05, 0) is 72.1 Å². The van der Waals surface area contributed by atoms with E-state index in [0.717, 1.165) is 11.4 Å². The second-order valence-electron chi connectivity index (χ2n) is 6.53. The second kappa shape index (κ2) is 9.07. The van der Waals surface area contributed by atoms with Crippen LogP contribution in [-0.4, -0.2) is 11.8 Å². The summed E-state index contributed by atoms with van der Waals surface area (Å²) in [5.74, 6) is -0.374. The van der Waals surface area contributed by atoms with Crippen molar-refractivity contribution in [3.63, 3.8) is 0 Å². The Hall–Kier alpha value is -3.90. The van der Waals surface area contributed by atoms with Gasteiger partial charge in [-0.3, -0.25) is 9.59 Å². The summed E-state index contributed by atoms with van der Waals surface area (Å²) in [6.45, 7) is 0. The number of rotatable bonds is 6. The van der Waals surface area contributed by atoms with Crippen LogP contribution >= 0.6 is 11.3 Å². The van der Waals surface area contributed by atoms with Gasteiger partial charge in [-0.2, -0.15) is 0 Å². The summed E-state index contributed by atoms with van der Waals surface area (Å²) in [7, 11) is 0. The standard InChI is InChI=1S/C24H19N3O2S/c28-23(17-8-10-20(11-9-17)27-24(29)22-7-4-16-30-22)26-21-14-12-19(13-15-21)25-18-5-2-1-3-6-18/h1-16,25H,(H,26,28)(H,27,29). The average molecular weight is 414 g/mol. The third-order valence-corrected chi connectivity index (χ3v) is 5.22. The Labute approximate surface area is 178 Å². The van der Waals surface area contributed by atoms with Gasteiger partial charge in [-0.1, -0.05) is 24.3 Å². The molecule has 0 radical (unpaired) electrons. The molecule has 0 aliphatic rings. The predicted molar refractivity (Wildman–Crippen MR) is 123 cm³/mol. The van der Waals surface area contributed by atoms with Crippen molar-refractivity contribution < 1.29 is 9.59 Å². The summed E-state index contributed by atoms with van der Waals surface area (Å²) >= 11 is 1.38. The Kier molecular flexibility index (Phi) is 5.87. The number of benzene rings is 3. The van der Waals surface area contributed by atoms with Gasteiger partial charge in [0.15, 0.2) is 0 Å². The minimum absolute atomic E-state index is 0.161. The molecule has 0 fully saturated rings. The summed E-state index contributed by atoms with van der Waals surface area (Å²) in [6, 6.07) is 27.8. The van der Waals surface area contributed by atoms with Gasteiger partial charge in [0.1, 0.15) is 0 Å². The van der Waals surface area contributed by atoms with E-state index in [2.05, 4.69) is 16.0 Å². The molecule has 2 amide bonds. The molecule has 3 N–H and O–H groups in total. The number of nitrogens with one attached hydrogen (secondary N) is 3. The van der Waals surface area contributed by atoms with Crippen molar-refractivity contribution in [1.82, 2.24) is 0 Å². The van der Waals surface area contributed by atoms with Crippen molar-refractivity contribution in [2.45, 2.75) is 0 Å². The van der Waals surface area contributed by atoms with E-state index in [-0.39, 0.29) is 11.8 Å². The van der Waals surface area contributed by atoms with Crippen molar-refractivity contribution in [3.8, 4) is 0 Å². The third kappa shape index (κ3) is 4.92. The number of anilines is 4. The number of hydrogen-bond acceptors (Lipinski definition) is 4. The van der Waals surface area contributed by atoms with Crippen LogP contribution in [0, 0.1) is 0 Å². The first kappa shape index (κ1) is 19.4. The van der Waals surface area contributed by atoms with E-state index in [0.29, 0.717) is 21.8 Å². The highest BCUT2D eigenvalue weighted by atomic mass is 32.1. The molecule has 0 spiro atoms. The lowest BCUT2D eigenvalue weighted by Gasteiger charge is -2.09. The van der Waals surface area contributed by atoms with Crippen LogP contribution in [0.15, 0.2) is 96.4 Å². The van der Waals surface area contributed by atoms with Gasteiger partial charge in [0.05, 0.1) is 4.88 Å². The van der Waals surface area contributed by atoms with E-state index in [1.807, 2.05) is 66.0 Å². The molecule has 0 aliphatic heterocycles. The van der Waals surface area contributed by atoms with Crippen LogP contribution in [0.4, 0.5) is 22.7 Å². The molecule has 0 aliphatic carbocycles. The zero-order valence-corrected chi connectivity index (χ0v) is 16.8. The summed E-state index contributed by atoms with van der Waals surface area (Å²) in [5, 5.41) is 10.9. The molecular weight excluding hydrogens is 394 g/mol. The zero-order valence-electron chi connectivity index (χ0n) is 16.0. The average Bonchev–Trinajstić information content (AvgIpc) is 3.32. The van der Waals surface area contributed by atoms with Gasteiger partial charge in [-0.25, -0.2) is 0 Å². The van der Waals surface area contributed by atoms with Gasteiger partial charge >= 0.3 is 0 Å². The molecule has 1 aromatic heterocycles. The Morgan fingerprint density at radius 2 is 1.13 bits per heavy atom. The highest BCUT2D eigenvalue weighted by Gasteiger charge is 2.09. The lowest BCUT2D eigenvalue weighted by molar-refractivity contribution is 0.102. The normalized spacial score (nSPS) is 10.3. The molecule has 0 saturated heterocycles. The van der Waals surface area contributed by atoms with E-state index >= 15 is 0 Å². The fourth-order valence-corrected chi connectivity index (χ4v) is 3.45. The molecule has 4 aromatic rings. The van der Waals surface area contributed by atoms with Gasteiger partial charge in [-0.15, -0.1) is 11.3 Å². The largest absolute Gasteiger partial charge is 0.356 e. The van der Waals surface area contributed by atoms with Crippen LogP contribution in [0.5, 0.6) is 0 Å². The second-order valence-corrected chi connectivity index (χ2v) is 7.48. The molecular formula is C24H19N3O2S. The molecule has 6 heteroatoms. The number of thiophene rings is 1. The Morgan fingerprint density at radius 1 is 0.567 bits per heavy atom. The molecule has 1 heterocycles. The topological polar surface area (TPSA) is 70.2 Å². The molecule has 0 unspecified atom stereocenters. The van der Waals surface area contributed by atoms with Crippen LogP contribution in [0.2, 0.25) is 0 Å². The van der Waals surface area contributed by atoms with Crippen LogP contribution in [0.25, 0.3) is 0 Å². The van der Waals surface area contributed by atoms with Gasteiger partial charge < -0.3 is 16.0 Å². The maximum absolute atomic E-state index is 12.5. The predicted octanol–water partition coefficient (Wildman–Crippen LogP) is 6.00. The Morgan fingerprint density at radius 3 is 1.77 bits per heavy atom. The molecule has 148 valence electrons.